The Morgan fingerprint density at radius 1 is 1.38 bits per heavy atom. The maximum atomic E-state index is 12.0. The second kappa shape index (κ2) is 7.01. The highest BCUT2D eigenvalue weighted by molar-refractivity contribution is 6.42. The molecule has 116 valence electrons. The van der Waals surface area contributed by atoms with Crippen LogP contribution in [0.5, 0.6) is 0 Å². The molecule has 0 aliphatic rings. The molecule has 1 N–H and O–H groups in total. The molecule has 0 saturated carbocycles. The number of hydrogen-bond acceptors (Lipinski definition) is 5. The minimum absolute atomic E-state index is 0.00718. The highest BCUT2D eigenvalue weighted by Gasteiger charge is 2.31. The summed E-state index contributed by atoms with van der Waals surface area (Å²) in [7, 11) is 1.28. The van der Waals surface area contributed by atoms with Crippen molar-refractivity contribution in [3.8, 4) is 0 Å². The van der Waals surface area contributed by atoms with Crippen LogP contribution in [0.25, 0.3) is 0 Å². The number of esters is 1. The number of carbonyl (C=O) groups is 3. The second-order valence-corrected chi connectivity index (χ2v) is 5.04. The smallest absolute Gasteiger partial charge is 0.307 e. The minimum Gasteiger partial charge on any atom is -0.469 e. The number of amides is 1. The summed E-state index contributed by atoms with van der Waals surface area (Å²) in [4.78, 5) is 35.5. The Bertz CT molecular complexity index is 538. The predicted octanol–water partition coefficient (Wildman–Crippen LogP) is 0.934. The lowest BCUT2D eigenvalue weighted by Crippen LogP contribution is -2.49. The summed E-state index contributed by atoms with van der Waals surface area (Å²) in [6.07, 6.45) is 3.38. The molecule has 0 aliphatic carbocycles. The van der Waals surface area contributed by atoms with Gasteiger partial charge in [0.15, 0.2) is 0 Å². The van der Waals surface area contributed by atoms with E-state index < -0.39 is 23.2 Å². The minimum atomic E-state index is -0.819. The predicted molar refractivity (Wildman–Crippen MR) is 75.7 cm³/mol. The van der Waals surface area contributed by atoms with Crippen molar-refractivity contribution in [1.29, 1.82) is 0 Å². The zero-order valence-electron chi connectivity index (χ0n) is 12.8. The highest BCUT2D eigenvalue weighted by Crippen LogP contribution is 2.15. The summed E-state index contributed by atoms with van der Waals surface area (Å²) in [5.41, 5.74) is -0.591. The van der Waals surface area contributed by atoms with E-state index in [2.05, 4.69) is 15.2 Å². The Morgan fingerprint density at radius 3 is 2.52 bits per heavy atom. The van der Waals surface area contributed by atoms with Gasteiger partial charge in [-0.15, -0.1) is 0 Å². The average molecular weight is 295 g/mol. The summed E-state index contributed by atoms with van der Waals surface area (Å²) in [5, 5.41) is 6.57. The standard InChI is InChI=1S/C14H21N3O4/c1-5-14(3,7-11(18)21-4)16-13(20)12(19)10-8-15-17(6-2)9-10/h8-9H,5-7H2,1-4H3,(H,16,20)/t14-/m0/s1. The Kier molecular flexibility index (Phi) is 5.63. The molecule has 1 amide bonds. The number of nitrogens with zero attached hydrogens (tertiary/aromatic N) is 2. The van der Waals surface area contributed by atoms with Crippen molar-refractivity contribution in [2.45, 2.75) is 45.7 Å². The zero-order chi connectivity index (χ0) is 16.0. The van der Waals surface area contributed by atoms with Crippen LogP contribution in [-0.4, -0.2) is 40.1 Å². The lowest BCUT2D eigenvalue weighted by Gasteiger charge is -2.27. The molecule has 0 radical (unpaired) electrons. The van der Waals surface area contributed by atoms with Gasteiger partial charge in [-0.2, -0.15) is 5.10 Å². The first-order valence-electron chi connectivity index (χ1n) is 6.81. The molecule has 7 nitrogen and oxygen atoms in total. The molecule has 0 bridgehead atoms. The summed E-state index contributed by atoms with van der Waals surface area (Å²) < 4.78 is 6.17. The van der Waals surface area contributed by atoms with Crippen molar-refractivity contribution in [2.24, 2.45) is 0 Å². The number of methoxy groups -OCH3 is 1. The van der Waals surface area contributed by atoms with Crippen molar-refractivity contribution in [3.63, 3.8) is 0 Å². The normalized spacial score (nSPS) is 13.3. The van der Waals surface area contributed by atoms with Gasteiger partial charge in [-0.1, -0.05) is 6.92 Å². The highest BCUT2D eigenvalue weighted by atomic mass is 16.5. The molecule has 0 unspecified atom stereocenters. The first kappa shape index (κ1) is 16.9. The fourth-order valence-electron chi connectivity index (χ4n) is 1.76. The van der Waals surface area contributed by atoms with Gasteiger partial charge in [0.2, 0.25) is 0 Å². The number of ether oxygens (including phenoxy) is 1. The summed E-state index contributed by atoms with van der Waals surface area (Å²) in [6.45, 7) is 6.02. The molecule has 1 atom stereocenters. The average Bonchev–Trinajstić information content (AvgIpc) is 2.94. The van der Waals surface area contributed by atoms with Gasteiger partial charge in [0.1, 0.15) is 0 Å². The molecule has 7 heteroatoms. The summed E-state index contributed by atoms with van der Waals surface area (Å²) >= 11 is 0. The SMILES string of the molecule is CCn1cc(C(=O)C(=O)N[C@@](C)(CC)CC(=O)OC)cn1. The van der Waals surface area contributed by atoms with E-state index in [1.807, 2.05) is 13.8 Å². The first-order valence-corrected chi connectivity index (χ1v) is 6.81. The van der Waals surface area contributed by atoms with Crippen LogP contribution in [0.4, 0.5) is 0 Å². The van der Waals surface area contributed by atoms with Crippen molar-refractivity contribution >= 4 is 17.7 Å². The van der Waals surface area contributed by atoms with E-state index in [1.54, 1.807) is 11.6 Å². The molecule has 0 aliphatic heterocycles. The van der Waals surface area contributed by atoms with Gasteiger partial charge in [-0.25, -0.2) is 0 Å². The quantitative estimate of drug-likeness (QED) is 0.459. The van der Waals surface area contributed by atoms with Gasteiger partial charge in [0.25, 0.3) is 11.7 Å². The van der Waals surface area contributed by atoms with Crippen molar-refractivity contribution in [2.75, 3.05) is 7.11 Å². The summed E-state index contributed by atoms with van der Waals surface area (Å²) in [5.74, 6) is -1.86. The third-order valence-electron chi connectivity index (χ3n) is 3.38. The summed E-state index contributed by atoms with van der Waals surface area (Å²) in [6, 6.07) is 0. The fourth-order valence-corrected chi connectivity index (χ4v) is 1.76. The van der Waals surface area contributed by atoms with Crippen LogP contribution < -0.4 is 5.32 Å². The van der Waals surface area contributed by atoms with Crippen LogP contribution in [0.3, 0.4) is 0 Å². The number of aryl methyl sites for hydroxylation is 1. The molecule has 21 heavy (non-hydrogen) atoms. The third-order valence-corrected chi connectivity index (χ3v) is 3.38. The molecule has 0 saturated heterocycles. The number of Topliss-reactive ketones (excluding diaryl/α,β-unsaturated/α-hetero) is 1. The third kappa shape index (κ3) is 4.40. The van der Waals surface area contributed by atoms with E-state index in [0.29, 0.717) is 13.0 Å². The van der Waals surface area contributed by atoms with Crippen LogP contribution in [-0.2, 0) is 20.9 Å². The van der Waals surface area contributed by atoms with E-state index in [1.165, 1.54) is 19.5 Å². The molecule has 0 spiro atoms. The van der Waals surface area contributed by atoms with Crippen LogP contribution in [0.1, 0.15) is 44.0 Å². The number of hydrogen-bond donors (Lipinski definition) is 1. The maximum Gasteiger partial charge on any atom is 0.307 e. The number of nitrogens with one attached hydrogen (secondary N) is 1. The van der Waals surface area contributed by atoms with E-state index in [0.717, 1.165) is 0 Å². The second-order valence-electron chi connectivity index (χ2n) is 5.04. The van der Waals surface area contributed by atoms with Gasteiger partial charge in [-0.05, 0) is 20.3 Å². The Hall–Kier alpha value is -2.18. The molecular weight excluding hydrogens is 274 g/mol. The van der Waals surface area contributed by atoms with E-state index in [-0.39, 0.29) is 12.0 Å². The molecule has 0 aromatic carbocycles. The number of rotatable bonds is 7. The van der Waals surface area contributed by atoms with Crippen molar-refractivity contribution in [3.05, 3.63) is 18.0 Å². The molecule has 1 heterocycles. The van der Waals surface area contributed by atoms with E-state index in [9.17, 15) is 14.4 Å². The van der Waals surface area contributed by atoms with E-state index >= 15 is 0 Å². The van der Waals surface area contributed by atoms with Gasteiger partial charge >= 0.3 is 5.97 Å². The maximum absolute atomic E-state index is 12.0. The van der Waals surface area contributed by atoms with Crippen LogP contribution in [0.2, 0.25) is 0 Å². The Labute approximate surface area is 123 Å². The monoisotopic (exact) mass is 295 g/mol. The Morgan fingerprint density at radius 2 is 2.05 bits per heavy atom. The van der Waals surface area contributed by atoms with Crippen LogP contribution in [0, 0.1) is 0 Å². The zero-order valence-corrected chi connectivity index (χ0v) is 12.8. The topological polar surface area (TPSA) is 90.3 Å². The van der Waals surface area contributed by atoms with E-state index in [4.69, 9.17) is 0 Å². The molecule has 1 aromatic heterocycles. The largest absolute Gasteiger partial charge is 0.469 e. The number of carbonyl (C=O) groups excluding carboxylic acids is 3. The number of aromatic nitrogens is 2. The molecular formula is C14H21N3O4. The molecule has 1 aromatic rings. The molecule has 0 fully saturated rings. The lowest BCUT2D eigenvalue weighted by atomic mass is 9.94. The number of ketones is 1. The Balaban J connectivity index is 2.77. The van der Waals surface area contributed by atoms with Gasteiger partial charge in [0, 0.05) is 18.3 Å². The van der Waals surface area contributed by atoms with Gasteiger partial charge < -0.3 is 10.1 Å². The van der Waals surface area contributed by atoms with Gasteiger partial charge in [-0.3, -0.25) is 19.1 Å². The first-order chi connectivity index (χ1) is 9.85. The van der Waals surface area contributed by atoms with Gasteiger partial charge in [0.05, 0.1) is 25.3 Å². The van der Waals surface area contributed by atoms with Crippen molar-refractivity contribution in [1.82, 2.24) is 15.1 Å². The lowest BCUT2D eigenvalue weighted by molar-refractivity contribution is -0.142. The fraction of sp³-hybridized carbons (Fsp3) is 0.571. The van der Waals surface area contributed by atoms with Crippen LogP contribution in [0.15, 0.2) is 12.4 Å². The van der Waals surface area contributed by atoms with Crippen LogP contribution >= 0.6 is 0 Å². The van der Waals surface area contributed by atoms with Crippen molar-refractivity contribution < 1.29 is 19.1 Å². The molecule has 1 rings (SSSR count).